The number of benzene rings is 1. The Morgan fingerprint density at radius 3 is 2.93 bits per heavy atom. The molecule has 2 N–H and O–H groups in total. The minimum Gasteiger partial charge on any atom is -0.507 e. The van der Waals surface area contributed by atoms with Crippen molar-refractivity contribution in [2.75, 3.05) is 11.9 Å². The van der Waals surface area contributed by atoms with E-state index in [0.717, 1.165) is 11.3 Å². The van der Waals surface area contributed by atoms with Gasteiger partial charge in [0, 0.05) is 32.8 Å². The molecule has 30 heavy (non-hydrogen) atoms. The van der Waals surface area contributed by atoms with Crippen LogP contribution >= 0.6 is 0 Å². The topological polar surface area (TPSA) is 118 Å². The minimum atomic E-state index is -2.66. The maximum absolute atomic E-state index is 15.1. The number of anilines is 1. The monoisotopic (exact) mass is 417 g/mol. The van der Waals surface area contributed by atoms with E-state index < -0.39 is 32.2 Å². The molecule has 2 aliphatic heterocycles. The lowest BCUT2D eigenvalue weighted by Gasteiger charge is -2.38. The number of nitrogens with one attached hydrogen (secondary N) is 1. The maximum atomic E-state index is 15.1. The van der Waals surface area contributed by atoms with E-state index in [2.05, 4.69) is 35.9 Å². The van der Waals surface area contributed by atoms with E-state index in [4.69, 9.17) is 8.22 Å². The summed E-state index contributed by atoms with van der Waals surface area (Å²) in [4.78, 5) is 5.63. The van der Waals surface area contributed by atoms with Crippen LogP contribution in [0.5, 0.6) is 5.75 Å². The molecule has 2 fully saturated rings. The van der Waals surface area contributed by atoms with Crippen molar-refractivity contribution in [3.05, 3.63) is 24.4 Å². The summed E-state index contributed by atoms with van der Waals surface area (Å²) in [5, 5.41) is 32.7. The van der Waals surface area contributed by atoms with Crippen molar-refractivity contribution in [1.29, 1.82) is 0 Å². The number of rotatable bonds is 4. The van der Waals surface area contributed by atoms with Crippen molar-refractivity contribution in [3.63, 3.8) is 0 Å². The van der Waals surface area contributed by atoms with Crippen LogP contribution in [-0.2, 0) is 6.98 Å². The van der Waals surface area contributed by atoms with E-state index in [-0.39, 0.29) is 34.8 Å². The molecule has 0 aliphatic carbocycles. The number of halogens is 1. The second kappa shape index (κ2) is 7.24. The molecule has 0 spiro atoms. The molecule has 3 aromatic rings. The van der Waals surface area contributed by atoms with Crippen molar-refractivity contribution in [1.82, 2.24) is 40.7 Å². The van der Waals surface area contributed by atoms with Gasteiger partial charge in [0.2, 0.25) is 5.82 Å². The van der Waals surface area contributed by atoms with Gasteiger partial charge in [0.25, 0.3) is 0 Å². The first-order chi connectivity index (χ1) is 16.9. The second-order valence-corrected chi connectivity index (χ2v) is 7.44. The number of aryl methyl sites for hydroxylation is 1. The third kappa shape index (κ3) is 3.24. The van der Waals surface area contributed by atoms with Gasteiger partial charge >= 0.3 is 0 Å². The van der Waals surface area contributed by atoms with E-state index in [9.17, 15) is 5.11 Å². The van der Waals surface area contributed by atoms with Gasteiger partial charge in [0.1, 0.15) is 11.9 Å². The Morgan fingerprint density at radius 2 is 2.20 bits per heavy atom. The molecule has 1 aromatic carbocycles. The summed E-state index contributed by atoms with van der Waals surface area (Å²) < 4.78 is 61.1. The van der Waals surface area contributed by atoms with Crippen LogP contribution < -0.4 is 10.2 Å². The summed E-state index contributed by atoms with van der Waals surface area (Å²) in [6, 6.07) is 3.01. The summed E-state index contributed by atoms with van der Waals surface area (Å²) in [7, 11) is 0. The molecule has 0 amide bonds. The second-order valence-electron chi connectivity index (χ2n) is 7.44. The largest absolute Gasteiger partial charge is 0.507 e. The van der Waals surface area contributed by atoms with Crippen molar-refractivity contribution >= 4 is 5.82 Å². The number of hydrogen-bond donors (Lipinski definition) is 2. The zero-order chi connectivity index (χ0) is 25.8. The number of phenols is 1. The molecule has 2 aliphatic rings. The molecule has 10 nitrogen and oxygen atoms in total. The van der Waals surface area contributed by atoms with Crippen LogP contribution in [0.4, 0.5) is 10.2 Å². The average molecular weight is 417 g/mol. The number of piperidine rings is 1. The molecule has 2 saturated heterocycles. The summed E-state index contributed by atoms with van der Waals surface area (Å²) >= 11 is 0. The van der Waals surface area contributed by atoms with Crippen LogP contribution in [0.3, 0.4) is 0 Å². The van der Waals surface area contributed by atoms with Gasteiger partial charge in [0.05, 0.1) is 24.8 Å². The standard InChI is InChI=1S/C19H22FN9O/c1-28(14-8-11-4-6-13(22-11)17(14)20)16-9-21-19(24-23-16)12-5-3-10(7-15(12)30)18-25-27-29(2)26-18/h3,5,7,9,11,13-14,17,22,30H,4,6,8H2,1-2H3/t11-,13-,14+,17-/m0/s1/i1D3,2D3. The van der Waals surface area contributed by atoms with Crippen molar-refractivity contribution in [3.8, 4) is 28.5 Å². The molecule has 2 aromatic heterocycles. The fraction of sp³-hybridized carbons (Fsp3) is 0.474. The first-order valence-electron chi connectivity index (χ1n) is 12.5. The average Bonchev–Trinajstić information content (AvgIpc) is 3.45. The van der Waals surface area contributed by atoms with E-state index >= 15 is 4.39 Å². The van der Waals surface area contributed by atoms with Crippen LogP contribution in [0, 0.1) is 0 Å². The molecule has 2 bridgehead atoms. The van der Waals surface area contributed by atoms with E-state index in [1.807, 2.05) is 0 Å². The number of fused-ring (bicyclic) bond motifs is 2. The number of nitrogens with zero attached hydrogens (tertiary/aromatic N) is 8. The first kappa shape index (κ1) is 13.2. The van der Waals surface area contributed by atoms with Crippen LogP contribution in [0.15, 0.2) is 24.4 Å². The Kier molecular flexibility index (Phi) is 3.18. The van der Waals surface area contributed by atoms with Gasteiger partial charge in [-0.15, -0.1) is 20.4 Å². The summed E-state index contributed by atoms with van der Waals surface area (Å²) in [6.45, 7) is -5.25. The third-order valence-electron chi connectivity index (χ3n) is 5.59. The lowest BCUT2D eigenvalue weighted by atomic mass is 9.96. The molecule has 11 heteroatoms. The van der Waals surface area contributed by atoms with Crippen LogP contribution in [0.1, 0.15) is 27.5 Å². The zero-order valence-corrected chi connectivity index (χ0v) is 15.6. The molecule has 5 rings (SSSR count). The Balaban J connectivity index is 1.41. The van der Waals surface area contributed by atoms with E-state index in [0.29, 0.717) is 23.2 Å². The highest BCUT2D eigenvalue weighted by atomic mass is 19.1. The summed E-state index contributed by atoms with van der Waals surface area (Å²) in [6.07, 6.45) is 1.57. The predicted molar refractivity (Wildman–Crippen MR) is 106 cm³/mol. The van der Waals surface area contributed by atoms with Crippen LogP contribution in [0.2, 0.25) is 0 Å². The number of aromatic nitrogens is 7. The third-order valence-corrected chi connectivity index (χ3v) is 5.59. The van der Waals surface area contributed by atoms with Crippen LogP contribution in [-0.4, -0.2) is 71.8 Å². The lowest BCUT2D eigenvalue weighted by Crippen LogP contribution is -2.55. The predicted octanol–water partition coefficient (Wildman–Crippen LogP) is 1.10. The highest BCUT2D eigenvalue weighted by molar-refractivity contribution is 5.69. The fourth-order valence-corrected chi connectivity index (χ4v) is 4.09. The fourth-order valence-electron chi connectivity index (χ4n) is 4.09. The Hall–Kier alpha value is -3.21. The first-order valence-corrected chi connectivity index (χ1v) is 9.45. The van der Waals surface area contributed by atoms with Crippen molar-refractivity contribution in [2.24, 2.45) is 6.98 Å². The molecular weight excluding hydrogens is 389 g/mol. The Morgan fingerprint density at radius 1 is 1.27 bits per heavy atom. The molecule has 0 saturated carbocycles. The summed E-state index contributed by atoms with van der Waals surface area (Å²) in [5.74, 6) is -0.352. The smallest absolute Gasteiger partial charge is 0.205 e. The highest BCUT2D eigenvalue weighted by Gasteiger charge is 2.43. The summed E-state index contributed by atoms with van der Waals surface area (Å²) in [5.41, 5.74) is 0.490. The normalized spacial score (nSPS) is 29.2. The van der Waals surface area contributed by atoms with Gasteiger partial charge in [-0.25, -0.2) is 9.37 Å². The van der Waals surface area contributed by atoms with Gasteiger partial charge in [0.15, 0.2) is 11.6 Å². The molecule has 0 radical (unpaired) electrons. The molecule has 156 valence electrons. The molecule has 4 atom stereocenters. The van der Waals surface area contributed by atoms with E-state index in [1.165, 1.54) is 24.4 Å². The number of aromatic hydroxyl groups is 1. The molecular formula is C19H22FN9O. The quantitative estimate of drug-likeness (QED) is 0.643. The van der Waals surface area contributed by atoms with Gasteiger partial charge in [-0.1, -0.05) is 6.07 Å². The van der Waals surface area contributed by atoms with Gasteiger partial charge in [-0.05, 0) is 36.6 Å². The number of tetrazole rings is 1. The molecule has 4 heterocycles. The number of hydrogen-bond acceptors (Lipinski definition) is 9. The lowest BCUT2D eigenvalue weighted by molar-refractivity contribution is 0.176. The van der Waals surface area contributed by atoms with Crippen LogP contribution in [0.25, 0.3) is 22.8 Å². The number of alkyl halides is 1. The van der Waals surface area contributed by atoms with Crippen molar-refractivity contribution in [2.45, 2.75) is 43.6 Å². The van der Waals surface area contributed by atoms with Gasteiger partial charge < -0.3 is 15.3 Å². The van der Waals surface area contributed by atoms with Crippen molar-refractivity contribution < 1.29 is 17.7 Å². The van der Waals surface area contributed by atoms with Gasteiger partial charge in [-0.3, -0.25) is 0 Å². The Bertz CT molecular complexity index is 1250. The van der Waals surface area contributed by atoms with Gasteiger partial charge in [-0.2, -0.15) is 4.80 Å². The highest BCUT2D eigenvalue weighted by Crippen LogP contribution is 2.34. The SMILES string of the molecule is [2H]C([2H])([2H])N(c1cnc(-c2ccc(-c3nnn(C([2H])([2H])[2H])n3)cc2O)nn1)[C@@H]1C[C@@H]2CC[C@H](N2)[C@@H]1F. The Labute approximate surface area is 180 Å². The minimum absolute atomic E-state index is 0.00704. The maximum Gasteiger partial charge on any atom is 0.205 e. The van der Waals surface area contributed by atoms with E-state index in [1.54, 1.807) is 0 Å². The zero-order valence-electron chi connectivity index (χ0n) is 21.6. The molecule has 0 unspecified atom stereocenters. The number of phenolic OH excluding ortho intramolecular Hbond substituents is 1.